The Balaban J connectivity index is 2.04. The summed E-state index contributed by atoms with van der Waals surface area (Å²) in [5.74, 6) is -1.35. The number of benzene rings is 1. The molecule has 86 valence electrons. The van der Waals surface area contributed by atoms with E-state index in [4.69, 9.17) is 0 Å². The zero-order valence-corrected chi connectivity index (χ0v) is 8.88. The average Bonchev–Trinajstić information content (AvgIpc) is 2.28. The van der Waals surface area contributed by atoms with Crippen LogP contribution in [0.25, 0.3) is 0 Å². The maximum atomic E-state index is 13.4. The number of nitrogens with zero attached hydrogens (tertiary/aromatic N) is 1. The first-order valence-electron chi connectivity index (χ1n) is 5.34. The van der Waals surface area contributed by atoms with Gasteiger partial charge in [-0.3, -0.25) is 9.69 Å². The van der Waals surface area contributed by atoms with Gasteiger partial charge in [0.15, 0.2) is 11.6 Å². The number of ketones is 1. The summed E-state index contributed by atoms with van der Waals surface area (Å²) in [6, 6.07) is 4.19. The van der Waals surface area contributed by atoms with Gasteiger partial charge in [0.05, 0.1) is 0 Å². The highest BCUT2D eigenvalue weighted by molar-refractivity contribution is 5.79. The molecule has 0 spiro atoms. The van der Waals surface area contributed by atoms with Crippen molar-refractivity contribution in [1.29, 1.82) is 0 Å². The summed E-state index contributed by atoms with van der Waals surface area (Å²) < 4.78 is 26.3. The molecule has 1 aliphatic rings. The molecule has 0 N–H and O–H groups in total. The van der Waals surface area contributed by atoms with Gasteiger partial charge in [0.25, 0.3) is 0 Å². The number of piperidine rings is 1. The highest BCUT2D eigenvalue weighted by Gasteiger charge is 2.18. The Kier molecular flexibility index (Phi) is 3.29. The summed E-state index contributed by atoms with van der Waals surface area (Å²) in [4.78, 5) is 13.0. The molecule has 4 heteroatoms. The molecule has 0 radical (unpaired) electrons. The van der Waals surface area contributed by atoms with Crippen LogP contribution in [0.15, 0.2) is 18.2 Å². The SMILES string of the molecule is O=C1CCN(Cc2cccc(F)c2F)CC1. The zero-order valence-electron chi connectivity index (χ0n) is 8.88. The number of carbonyl (C=O) groups excluding carboxylic acids is 1. The van der Waals surface area contributed by atoms with E-state index in [0.717, 1.165) is 6.07 Å². The quantitative estimate of drug-likeness (QED) is 0.768. The number of hydrogen-bond acceptors (Lipinski definition) is 2. The minimum Gasteiger partial charge on any atom is -0.300 e. The van der Waals surface area contributed by atoms with Crippen molar-refractivity contribution < 1.29 is 13.6 Å². The standard InChI is InChI=1S/C12H13F2NO/c13-11-3-1-2-9(12(11)14)8-15-6-4-10(16)5-7-15/h1-3H,4-8H2. The summed E-state index contributed by atoms with van der Waals surface area (Å²) in [5.41, 5.74) is 0.356. The van der Waals surface area contributed by atoms with Crippen LogP contribution in [-0.4, -0.2) is 23.8 Å². The molecule has 0 aromatic heterocycles. The molecule has 0 unspecified atom stereocenters. The highest BCUT2D eigenvalue weighted by atomic mass is 19.2. The Bertz CT molecular complexity index is 396. The Morgan fingerprint density at radius 2 is 1.88 bits per heavy atom. The maximum absolute atomic E-state index is 13.4. The Hall–Kier alpha value is -1.29. The smallest absolute Gasteiger partial charge is 0.163 e. The van der Waals surface area contributed by atoms with E-state index in [1.807, 2.05) is 4.90 Å². The van der Waals surface area contributed by atoms with Crippen LogP contribution in [0.1, 0.15) is 18.4 Å². The zero-order chi connectivity index (χ0) is 11.5. The molecule has 0 aliphatic carbocycles. The molecule has 1 saturated heterocycles. The number of likely N-dealkylation sites (tertiary alicyclic amines) is 1. The lowest BCUT2D eigenvalue weighted by atomic mass is 10.1. The van der Waals surface area contributed by atoms with Crippen molar-refractivity contribution in [1.82, 2.24) is 4.90 Å². The lowest BCUT2D eigenvalue weighted by Gasteiger charge is -2.25. The summed E-state index contributed by atoms with van der Waals surface area (Å²) in [6.45, 7) is 1.64. The molecule has 1 aliphatic heterocycles. The van der Waals surface area contributed by atoms with E-state index < -0.39 is 11.6 Å². The molecular weight excluding hydrogens is 212 g/mol. The number of rotatable bonds is 2. The summed E-state index contributed by atoms with van der Waals surface area (Å²) in [6.07, 6.45) is 1.02. The molecular formula is C12H13F2NO. The van der Waals surface area contributed by atoms with Crippen LogP contribution >= 0.6 is 0 Å². The summed E-state index contributed by atoms with van der Waals surface area (Å²) in [5, 5.41) is 0. The van der Waals surface area contributed by atoms with E-state index in [9.17, 15) is 13.6 Å². The van der Waals surface area contributed by atoms with Gasteiger partial charge in [0.2, 0.25) is 0 Å². The van der Waals surface area contributed by atoms with Crippen LogP contribution in [0.4, 0.5) is 8.78 Å². The molecule has 2 rings (SSSR count). The molecule has 0 saturated carbocycles. The lowest BCUT2D eigenvalue weighted by Crippen LogP contribution is -2.33. The van der Waals surface area contributed by atoms with E-state index >= 15 is 0 Å². The normalized spacial score (nSPS) is 17.8. The Morgan fingerprint density at radius 3 is 2.56 bits per heavy atom. The molecule has 0 amide bonds. The molecule has 1 aromatic rings. The molecule has 16 heavy (non-hydrogen) atoms. The fourth-order valence-corrected chi connectivity index (χ4v) is 1.87. The van der Waals surface area contributed by atoms with Gasteiger partial charge in [-0.05, 0) is 6.07 Å². The number of Topliss-reactive ketones (excluding diaryl/α,β-unsaturated/α-hetero) is 1. The van der Waals surface area contributed by atoms with E-state index in [-0.39, 0.29) is 5.78 Å². The fraction of sp³-hybridized carbons (Fsp3) is 0.417. The predicted octanol–water partition coefficient (Wildman–Crippen LogP) is 2.13. The van der Waals surface area contributed by atoms with Crippen molar-refractivity contribution in [3.05, 3.63) is 35.4 Å². The first-order valence-corrected chi connectivity index (χ1v) is 5.34. The van der Waals surface area contributed by atoms with Crippen LogP contribution in [-0.2, 0) is 11.3 Å². The molecule has 1 fully saturated rings. The van der Waals surface area contributed by atoms with E-state index in [2.05, 4.69) is 0 Å². The average molecular weight is 225 g/mol. The van der Waals surface area contributed by atoms with E-state index in [1.165, 1.54) is 6.07 Å². The van der Waals surface area contributed by atoms with Gasteiger partial charge in [0, 0.05) is 38.0 Å². The Morgan fingerprint density at radius 1 is 1.19 bits per heavy atom. The fourth-order valence-electron chi connectivity index (χ4n) is 1.87. The third kappa shape index (κ3) is 2.44. The molecule has 1 aromatic carbocycles. The van der Waals surface area contributed by atoms with Crippen LogP contribution in [0.5, 0.6) is 0 Å². The second-order valence-electron chi connectivity index (χ2n) is 4.03. The maximum Gasteiger partial charge on any atom is 0.163 e. The van der Waals surface area contributed by atoms with Gasteiger partial charge in [-0.2, -0.15) is 0 Å². The largest absolute Gasteiger partial charge is 0.300 e. The third-order valence-corrected chi connectivity index (χ3v) is 2.84. The van der Waals surface area contributed by atoms with Gasteiger partial charge in [-0.15, -0.1) is 0 Å². The van der Waals surface area contributed by atoms with Crippen LogP contribution in [0.3, 0.4) is 0 Å². The molecule has 0 bridgehead atoms. The summed E-state index contributed by atoms with van der Waals surface area (Å²) >= 11 is 0. The van der Waals surface area contributed by atoms with Gasteiger partial charge < -0.3 is 0 Å². The lowest BCUT2D eigenvalue weighted by molar-refractivity contribution is -0.121. The minimum absolute atomic E-state index is 0.246. The van der Waals surface area contributed by atoms with Crippen LogP contribution in [0, 0.1) is 11.6 Å². The highest BCUT2D eigenvalue weighted by Crippen LogP contribution is 2.16. The van der Waals surface area contributed by atoms with Gasteiger partial charge >= 0.3 is 0 Å². The number of halogens is 2. The molecule has 1 heterocycles. The van der Waals surface area contributed by atoms with Crippen molar-refractivity contribution in [3.63, 3.8) is 0 Å². The van der Waals surface area contributed by atoms with Crippen molar-refractivity contribution >= 4 is 5.78 Å². The molecule has 0 atom stereocenters. The van der Waals surface area contributed by atoms with E-state index in [1.54, 1.807) is 6.07 Å². The van der Waals surface area contributed by atoms with Crippen molar-refractivity contribution in [3.8, 4) is 0 Å². The Labute approximate surface area is 92.9 Å². The van der Waals surface area contributed by atoms with Gasteiger partial charge in [-0.1, -0.05) is 12.1 Å². The minimum atomic E-state index is -0.814. The first kappa shape index (κ1) is 11.2. The van der Waals surface area contributed by atoms with Crippen molar-refractivity contribution in [2.75, 3.05) is 13.1 Å². The second-order valence-corrected chi connectivity index (χ2v) is 4.03. The summed E-state index contributed by atoms with van der Waals surface area (Å²) in [7, 11) is 0. The van der Waals surface area contributed by atoms with Crippen LogP contribution in [0.2, 0.25) is 0 Å². The predicted molar refractivity (Wildman–Crippen MR) is 55.9 cm³/mol. The van der Waals surface area contributed by atoms with Gasteiger partial charge in [0.1, 0.15) is 5.78 Å². The van der Waals surface area contributed by atoms with Crippen molar-refractivity contribution in [2.24, 2.45) is 0 Å². The monoisotopic (exact) mass is 225 g/mol. The molecule has 2 nitrogen and oxygen atoms in total. The number of hydrogen-bond donors (Lipinski definition) is 0. The topological polar surface area (TPSA) is 20.3 Å². The van der Waals surface area contributed by atoms with Crippen LogP contribution < -0.4 is 0 Å². The van der Waals surface area contributed by atoms with Crippen molar-refractivity contribution in [2.45, 2.75) is 19.4 Å². The number of carbonyl (C=O) groups is 1. The first-order chi connectivity index (χ1) is 7.66. The van der Waals surface area contributed by atoms with E-state index in [0.29, 0.717) is 38.0 Å². The third-order valence-electron chi connectivity index (χ3n) is 2.84. The second kappa shape index (κ2) is 4.70. The van der Waals surface area contributed by atoms with Gasteiger partial charge in [-0.25, -0.2) is 8.78 Å².